The lowest BCUT2D eigenvalue weighted by Crippen LogP contribution is -2.18. The lowest BCUT2D eigenvalue weighted by Gasteiger charge is -2.17. The third-order valence-electron chi connectivity index (χ3n) is 4.08. The molecule has 0 unspecified atom stereocenters. The number of para-hydroxylation sites is 1. The van der Waals surface area contributed by atoms with Gasteiger partial charge in [-0.2, -0.15) is 5.10 Å². The molecule has 0 aliphatic carbocycles. The fourth-order valence-electron chi connectivity index (χ4n) is 2.94. The quantitative estimate of drug-likeness (QED) is 0.545. The van der Waals surface area contributed by atoms with Crippen molar-refractivity contribution < 1.29 is 0 Å². The van der Waals surface area contributed by atoms with Gasteiger partial charge in [0.25, 0.3) is 0 Å². The summed E-state index contributed by atoms with van der Waals surface area (Å²) in [4.78, 5) is 1.17. The molecule has 2 nitrogen and oxygen atoms in total. The zero-order valence-corrected chi connectivity index (χ0v) is 15.0. The van der Waals surface area contributed by atoms with Crippen LogP contribution in [0.3, 0.4) is 0 Å². The van der Waals surface area contributed by atoms with E-state index in [1.165, 1.54) is 4.88 Å². The third-order valence-corrected chi connectivity index (χ3v) is 5.53. The summed E-state index contributed by atoms with van der Waals surface area (Å²) in [5.41, 5.74) is 3.20. The van der Waals surface area contributed by atoms with Gasteiger partial charge in [-0.3, -0.25) is 5.01 Å². The van der Waals surface area contributed by atoms with Crippen molar-refractivity contribution in [2.45, 2.75) is 5.92 Å². The highest BCUT2D eigenvalue weighted by molar-refractivity contribution is 7.12. The summed E-state index contributed by atoms with van der Waals surface area (Å²) < 4.78 is 0. The van der Waals surface area contributed by atoms with Gasteiger partial charge in [-0.25, -0.2) is 0 Å². The van der Waals surface area contributed by atoms with E-state index in [1.54, 1.807) is 17.4 Å². The molecule has 1 aliphatic heterocycles. The van der Waals surface area contributed by atoms with Crippen LogP contribution in [0.5, 0.6) is 0 Å². The smallest absolute Gasteiger partial charge is 0.0875 e. The molecule has 2 heterocycles. The van der Waals surface area contributed by atoms with Crippen LogP contribution in [-0.2, 0) is 0 Å². The molecule has 0 saturated carbocycles. The fourth-order valence-corrected chi connectivity index (χ4v) is 4.24. The average molecular weight is 373 g/mol. The number of halogens is 2. The summed E-state index contributed by atoms with van der Waals surface area (Å²) >= 11 is 14.2. The molecule has 24 heavy (non-hydrogen) atoms. The Hall–Kier alpha value is -1.81. The standard InChI is InChI=1S/C19H14Cl2N2S/c20-13-8-9-15(17(21)11-13)16-12-23(14-5-2-1-3-6-14)22-19(16)18-7-4-10-24-18/h1-11,16H,12H2/t16-/m0/s1. The molecule has 0 N–H and O–H groups in total. The largest absolute Gasteiger partial charge is 0.264 e. The molecule has 2 aromatic carbocycles. The maximum Gasteiger partial charge on any atom is 0.0875 e. The second kappa shape index (κ2) is 6.60. The highest BCUT2D eigenvalue weighted by Gasteiger charge is 2.31. The van der Waals surface area contributed by atoms with Crippen molar-refractivity contribution in [2.24, 2.45) is 5.10 Å². The van der Waals surface area contributed by atoms with Gasteiger partial charge in [-0.15, -0.1) is 11.3 Å². The lowest BCUT2D eigenvalue weighted by atomic mass is 9.93. The number of rotatable bonds is 3. The summed E-state index contributed by atoms with van der Waals surface area (Å²) in [6, 6.07) is 20.1. The van der Waals surface area contributed by atoms with Crippen LogP contribution in [0, 0.1) is 0 Å². The van der Waals surface area contributed by atoms with Crippen LogP contribution in [-0.4, -0.2) is 12.3 Å². The van der Waals surface area contributed by atoms with Gasteiger partial charge in [0.15, 0.2) is 0 Å². The van der Waals surface area contributed by atoms with Crippen LogP contribution in [0.1, 0.15) is 16.4 Å². The first-order valence-electron chi connectivity index (χ1n) is 7.62. The highest BCUT2D eigenvalue weighted by Crippen LogP contribution is 2.36. The third kappa shape index (κ3) is 2.95. The van der Waals surface area contributed by atoms with E-state index in [1.807, 2.05) is 41.4 Å². The first-order chi connectivity index (χ1) is 11.7. The SMILES string of the molecule is Clc1ccc([C@@H]2CN(c3ccccc3)N=C2c2cccs2)c(Cl)c1. The molecule has 1 aromatic heterocycles. The van der Waals surface area contributed by atoms with Crippen LogP contribution < -0.4 is 5.01 Å². The highest BCUT2D eigenvalue weighted by atomic mass is 35.5. The molecule has 0 amide bonds. The van der Waals surface area contributed by atoms with Crippen molar-refractivity contribution in [3.05, 3.63) is 86.5 Å². The maximum atomic E-state index is 6.48. The number of benzene rings is 2. The molecule has 0 fully saturated rings. The van der Waals surface area contributed by atoms with Gasteiger partial charge >= 0.3 is 0 Å². The summed E-state index contributed by atoms with van der Waals surface area (Å²) in [6.45, 7) is 0.762. The van der Waals surface area contributed by atoms with Crippen molar-refractivity contribution >= 4 is 45.9 Å². The predicted molar refractivity (Wildman–Crippen MR) is 104 cm³/mol. The van der Waals surface area contributed by atoms with Gasteiger partial charge < -0.3 is 0 Å². The Morgan fingerprint density at radius 3 is 2.54 bits per heavy atom. The first-order valence-corrected chi connectivity index (χ1v) is 9.26. The molecule has 120 valence electrons. The van der Waals surface area contributed by atoms with Crippen LogP contribution in [0.2, 0.25) is 10.0 Å². The zero-order chi connectivity index (χ0) is 16.5. The molecule has 5 heteroatoms. The van der Waals surface area contributed by atoms with Crippen molar-refractivity contribution in [1.82, 2.24) is 0 Å². The molecule has 0 radical (unpaired) electrons. The first kappa shape index (κ1) is 15.7. The van der Waals surface area contributed by atoms with Crippen molar-refractivity contribution in [1.29, 1.82) is 0 Å². The normalized spacial score (nSPS) is 17.2. The molecule has 1 aliphatic rings. The number of thiophene rings is 1. The van der Waals surface area contributed by atoms with E-state index in [2.05, 4.69) is 23.6 Å². The van der Waals surface area contributed by atoms with Gasteiger partial charge in [0, 0.05) is 10.0 Å². The van der Waals surface area contributed by atoms with Gasteiger partial charge in [-0.1, -0.05) is 53.5 Å². The van der Waals surface area contributed by atoms with E-state index in [4.69, 9.17) is 28.3 Å². The lowest BCUT2D eigenvalue weighted by molar-refractivity contribution is 0.851. The molecular weight excluding hydrogens is 359 g/mol. The van der Waals surface area contributed by atoms with Gasteiger partial charge in [-0.05, 0) is 41.3 Å². The number of hydrogen-bond acceptors (Lipinski definition) is 3. The number of anilines is 1. The minimum absolute atomic E-state index is 0.119. The minimum Gasteiger partial charge on any atom is -0.264 e. The van der Waals surface area contributed by atoms with Gasteiger partial charge in [0.2, 0.25) is 0 Å². The fraction of sp³-hybridized carbons (Fsp3) is 0.105. The number of hydrogen-bond donors (Lipinski definition) is 0. The van der Waals surface area contributed by atoms with E-state index < -0.39 is 0 Å². The van der Waals surface area contributed by atoms with Crippen molar-refractivity contribution in [2.75, 3.05) is 11.6 Å². The minimum atomic E-state index is 0.119. The van der Waals surface area contributed by atoms with E-state index in [0.29, 0.717) is 10.0 Å². The number of nitrogens with zero attached hydrogens (tertiary/aromatic N) is 2. The monoisotopic (exact) mass is 372 g/mol. The Labute approximate surface area is 155 Å². The Balaban J connectivity index is 1.77. The van der Waals surface area contributed by atoms with Crippen molar-refractivity contribution in [3.63, 3.8) is 0 Å². The molecule has 4 rings (SSSR count). The molecule has 0 saturated heterocycles. The molecule has 3 aromatic rings. The number of hydrazone groups is 1. The summed E-state index contributed by atoms with van der Waals surface area (Å²) in [6.07, 6.45) is 0. The van der Waals surface area contributed by atoms with E-state index in [9.17, 15) is 0 Å². The van der Waals surface area contributed by atoms with Crippen molar-refractivity contribution in [3.8, 4) is 0 Å². The Morgan fingerprint density at radius 1 is 1.00 bits per heavy atom. The Kier molecular flexibility index (Phi) is 4.31. The van der Waals surface area contributed by atoms with Gasteiger partial charge in [0.05, 0.1) is 28.7 Å². The summed E-state index contributed by atoms with van der Waals surface area (Å²) in [5.74, 6) is 0.119. The average Bonchev–Trinajstić information content (AvgIpc) is 3.25. The maximum absolute atomic E-state index is 6.48. The summed E-state index contributed by atoms with van der Waals surface area (Å²) in [7, 11) is 0. The van der Waals surface area contributed by atoms with E-state index in [-0.39, 0.29) is 5.92 Å². The van der Waals surface area contributed by atoms with E-state index in [0.717, 1.165) is 23.5 Å². The van der Waals surface area contributed by atoms with Crippen LogP contribution in [0.25, 0.3) is 0 Å². The Morgan fingerprint density at radius 2 is 1.83 bits per heavy atom. The predicted octanol–water partition coefficient (Wildman–Crippen LogP) is 6.06. The second-order valence-electron chi connectivity index (χ2n) is 5.60. The summed E-state index contributed by atoms with van der Waals surface area (Å²) in [5, 5.41) is 10.3. The molecule has 0 spiro atoms. The molecule has 1 atom stereocenters. The van der Waals surface area contributed by atoms with Crippen LogP contribution >= 0.6 is 34.5 Å². The topological polar surface area (TPSA) is 15.6 Å². The van der Waals surface area contributed by atoms with Crippen LogP contribution in [0.15, 0.2) is 71.1 Å². The Bertz CT molecular complexity index is 876. The molecular formula is C19H14Cl2N2S. The molecule has 0 bridgehead atoms. The second-order valence-corrected chi connectivity index (χ2v) is 7.39. The zero-order valence-electron chi connectivity index (χ0n) is 12.7. The van der Waals surface area contributed by atoms with E-state index >= 15 is 0 Å². The van der Waals surface area contributed by atoms with Crippen LogP contribution in [0.4, 0.5) is 5.69 Å². The van der Waals surface area contributed by atoms with Gasteiger partial charge in [0.1, 0.15) is 0 Å².